The minimum atomic E-state index is -0.485. The maximum absolute atomic E-state index is 12.0. The normalized spacial score (nSPS) is 15.7. The van der Waals surface area contributed by atoms with Gasteiger partial charge in [0, 0.05) is 19.3 Å². The number of rotatable bonds is 3. The van der Waals surface area contributed by atoms with Crippen molar-refractivity contribution in [3.8, 4) is 0 Å². The van der Waals surface area contributed by atoms with Crippen molar-refractivity contribution in [2.45, 2.75) is 6.54 Å². The molecule has 1 aliphatic heterocycles. The van der Waals surface area contributed by atoms with E-state index in [1.54, 1.807) is 10.8 Å². The zero-order chi connectivity index (χ0) is 13.1. The van der Waals surface area contributed by atoms with Gasteiger partial charge in [-0.2, -0.15) is 0 Å². The Hall–Kier alpha value is -2.22. The molecule has 0 atom stereocenters. The lowest BCUT2D eigenvalue weighted by molar-refractivity contribution is -0.135. The lowest BCUT2D eigenvalue weighted by atomic mass is 10.3. The summed E-state index contributed by atoms with van der Waals surface area (Å²) in [5, 5.41) is 2.13. The molecule has 0 unspecified atom stereocenters. The van der Waals surface area contributed by atoms with E-state index in [0.717, 1.165) is 4.90 Å². The minimum Gasteiger partial charge on any atom is -0.335 e. The molecule has 18 heavy (non-hydrogen) atoms. The van der Waals surface area contributed by atoms with Crippen LogP contribution in [0.3, 0.4) is 0 Å². The van der Waals surface area contributed by atoms with E-state index >= 15 is 0 Å². The Morgan fingerprint density at radius 1 is 1.39 bits per heavy atom. The van der Waals surface area contributed by atoms with E-state index in [4.69, 9.17) is 5.73 Å². The summed E-state index contributed by atoms with van der Waals surface area (Å²) in [6.07, 6.45) is 3.04. The predicted octanol–water partition coefficient (Wildman–Crippen LogP) is -2.06. The molecule has 0 aliphatic carbocycles. The average molecular weight is 251 g/mol. The van der Waals surface area contributed by atoms with Crippen molar-refractivity contribution in [3.63, 3.8) is 0 Å². The van der Waals surface area contributed by atoms with Crippen LogP contribution < -0.4 is 11.1 Å². The topological polar surface area (TPSA) is 110 Å². The fraction of sp³-hybridized carbons (Fsp3) is 0.400. The van der Waals surface area contributed by atoms with E-state index in [-0.39, 0.29) is 18.8 Å². The van der Waals surface area contributed by atoms with Crippen molar-refractivity contribution in [2.24, 2.45) is 5.73 Å². The fourth-order valence-corrected chi connectivity index (χ4v) is 1.68. The zero-order valence-corrected chi connectivity index (χ0v) is 9.63. The minimum absolute atomic E-state index is 0.131. The zero-order valence-electron chi connectivity index (χ0n) is 9.63. The number of aromatic nitrogens is 2. The number of nitrogens with zero attached hydrogens (tertiary/aromatic N) is 3. The van der Waals surface area contributed by atoms with Crippen LogP contribution >= 0.6 is 0 Å². The molecule has 0 aromatic carbocycles. The number of nitrogens with one attached hydrogen (secondary N) is 1. The molecule has 0 saturated carbocycles. The Balaban J connectivity index is 2.09. The lowest BCUT2D eigenvalue weighted by Gasteiger charge is -2.24. The average Bonchev–Trinajstić information content (AvgIpc) is 2.76. The van der Waals surface area contributed by atoms with Crippen LogP contribution in [0.4, 0.5) is 0 Å². The molecule has 1 aromatic rings. The van der Waals surface area contributed by atoms with Crippen LogP contribution in [-0.2, 0) is 16.1 Å². The number of imide groups is 1. The van der Waals surface area contributed by atoms with Crippen LogP contribution in [0.5, 0.6) is 0 Å². The molecule has 3 N–H and O–H groups in total. The van der Waals surface area contributed by atoms with Gasteiger partial charge in [0.1, 0.15) is 18.8 Å². The second-order valence-corrected chi connectivity index (χ2v) is 3.92. The standard InChI is InChI=1S/C10H13N5O3/c11-1-2-14-3-7(12-6-14)10(18)15-4-8(16)13-9(17)5-15/h3,6H,1-2,4-5,11H2,(H,13,16,17). The first kappa shape index (κ1) is 12.2. The molecule has 2 heterocycles. The van der Waals surface area contributed by atoms with Gasteiger partial charge in [0.05, 0.1) is 6.33 Å². The first-order chi connectivity index (χ1) is 8.60. The smallest absolute Gasteiger partial charge is 0.274 e. The second-order valence-electron chi connectivity index (χ2n) is 3.92. The van der Waals surface area contributed by atoms with Gasteiger partial charge in [-0.05, 0) is 0 Å². The summed E-state index contributed by atoms with van der Waals surface area (Å²) >= 11 is 0. The summed E-state index contributed by atoms with van der Waals surface area (Å²) in [6, 6.07) is 0. The molecular weight excluding hydrogens is 238 g/mol. The summed E-state index contributed by atoms with van der Waals surface area (Å²) in [4.78, 5) is 39.4. The Morgan fingerprint density at radius 3 is 2.67 bits per heavy atom. The number of nitrogens with two attached hydrogens (primary N) is 1. The largest absolute Gasteiger partial charge is 0.335 e. The van der Waals surface area contributed by atoms with Crippen molar-refractivity contribution in [3.05, 3.63) is 18.2 Å². The van der Waals surface area contributed by atoms with E-state index in [9.17, 15) is 14.4 Å². The highest BCUT2D eigenvalue weighted by molar-refractivity contribution is 6.05. The molecule has 1 fully saturated rings. The number of amides is 3. The first-order valence-electron chi connectivity index (χ1n) is 5.44. The van der Waals surface area contributed by atoms with Gasteiger partial charge < -0.3 is 15.2 Å². The summed E-state index contributed by atoms with van der Waals surface area (Å²) in [6.45, 7) is 0.733. The van der Waals surface area contributed by atoms with Crippen molar-refractivity contribution in [1.82, 2.24) is 19.8 Å². The lowest BCUT2D eigenvalue weighted by Crippen LogP contribution is -2.53. The molecule has 1 aliphatic rings. The van der Waals surface area contributed by atoms with Crippen molar-refractivity contribution in [2.75, 3.05) is 19.6 Å². The Morgan fingerprint density at radius 2 is 2.06 bits per heavy atom. The van der Waals surface area contributed by atoms with Gasteiger partial charge in [-0.25, -0.2) is 4.98 Å². The predicted molar refractivity (Wildman–Crippen MR) is 60.3 cm³/mol. The monoisotopic (exact) mass is 251 g/mol. The molecule has 1 saturated heterocycles. The highest BCUT2D eigenvalue weighted by Crippen LogP contribution is 2.04. The molecule has 0 radical (unpaired) electrons. The van der Waals surface area contributed by atoms with E-state index in [1.165, 1.54) is 6.33 Å². The molecular formula is C10H13N5O3. The van der Waals surface area contributed by atoms with Crippen molar-refractivity contribution >= 4 is 17.7 Å². The van der Waals surface area contributed by atoms with Crippen LogP contribution in [0.2, 0.25) is 0 Å². The first-order valence-corrected chi connectivity index (χ1v) is 5.44. The number of carbonyl (C=O) groups excluding carboxylic acids is 3. The number of carbonyl (C=O) groups is 3. The van der Waals surface area contributed by atoms with Gasteiger partial charge in [0.25, 0.3) is 5.91 Å². The highest BCUT2D eigenvalue weighted by Gasteiger charge is 2.28. The quantitative estimate of drug-likeness (QED) is 0.600. The number of piperazine rings is 1. The molecule has 0 bridgehead atoms. The van der Waals surface area contributed by atoms with Crippen LogP contribution in [-0.4, -0.2) is 51.8 Å². The second kappa shape index (κ2) is 4.96. The third-order valence-electron chi connectivity index (χ3n) is 2.47. The van der Waals surface area contributed by atoms with Gasteiger partial charge in [0.15, 0.2) is 0 Å². The maximum atomic E-state index is 12.0. The number of imidazole rings is 1. The number of hydrogen-bond acceptors (Lipinski definition) is 5. The molecule has 8 nitrogen and oxygen atoms in total. The maximum Gasteiger partial charge on any atom is 0.274 e. The van der Waals surface area contributed by atoms with Gasteiger partial charge in [-0.15, -0.1) is 0 Å². The molecule has 8 heteroatoms. The highest BCUT2D eigenvalue weighted by atomic mass is 16.2. The summed E-state index contributed by atoms with van der Waals surface area (Å²) < 4.78 is 1.68. The van der Waals surface area contributed by atoms with Gasteiger partial charge in [-0.3, -0.25) is 19.7 Å². The Labute approximate surface area is 103 Å². The molecule has 96 valence electrons. The SMILES string of the molecule is NCCn1cnc(C(=O)N2CC(=O)NC(=O)C2)c1. The Kier molecular flexibility index (Phi) is 3.38. The Bertz CT molecular complexity index is 479. The van der Waals surface area contributed by atoms with Gasteiger partial charge in [-0.1, -0.05) is 0 Å². The third-order valence-corrected chi connectivity index (χ3v) is 2.47. The van der Waals surface area contributed by atoms with E-state index in [2.05, 4.69) is 10.3 Å². The number of hydrogen-bond donors (Lipinski definition) is 2. The fourth-order valence-electron chi connectivity index (χ4n) is 1.68. The summed E-state index contributed by atoms with van der Waals surface area (Å²) in [7, 11) is 0. The van der Waals surface area contributed by atoms with Crippen LogP contribution in [0, 0.1) is 0 Å². The van der Waals surface area contributed by atoms with Crippen LogP contribution in [0.1, 0.15) is 10.5 Å². The van der Waals surface area contributed by atoms with E-state index in [0.29, 0.717) is 13.1 Å². The summed E-state index contributed by atoms with van der Waals surface area (Å²) in [5.41, 5.74) is 5.58. The molecule has 0 spiro atoms. The molecule has 2 rings (SSSR count). The van der Waals surface area contributed by atoms with E-state index in [1.807, 2.05) is 0 Å². The van der Waals surface area contributed by atoms with Crippen LogP contribution in [0.25, 0.3) is 0 Å². The summed E-state index contributed by atoms with van der Waals surface area (Å²) in [5.74, 6) is -1.41. The van der Waals surface area contributed by atoms with Crippen molar-refractivity contribution in [1.29, 1.82) is 0 Å². The van der Waals surface area contributed by atoms with Gasteiger partial charge in [0.2, 0.25) is 11.8 Å². The third kappa shape index (κ3) is 2.54. The van der Waals surface area contributed by atoms with Gasteiger partial charge >= 0.3 is 0 Å². The molecule has 1 aromatic heterocycles. The van der Waals surface area contributed by atoms with Crippen molar-refractivity contribution < 1.29 is 14.4 Å². The van der Waals surface area contributed by atoms with Crippen LogP contribution in [0.15, 0.2) is 12.5 Å². The van der Waals surface area contributed by atoms with E-state index < -0.39 is 17.7 Å². The molecule has 3 amide bonds.